The van der Waals surface area contributed by atoms with Gasteiger partial charge >= 0.3 is 0 Å². The number of benzene rings is 2. The summed E-state index contributed by atoms with van der Waals surface area (Å²) >= 11 is 5.85. The molecule has 1 unspecified atom stereocenters. The minimum atomic E-state index is -0.659. The number of hydrogen-bond donors (Lipinski definition) is 3. The highest BCUT2D eigenvalue weighted by molar-refractivity contribution is 6.32. The smallest absolute Gasteiger partial charge is 0.239 e. The van der Waals surface area contributed by atoms with Crippen LogP contribution < -0.4 is 11.1 Å². The van der Waals surface area contributed by atoms with E-state index < -0.39 is 11.9 Å². The van der Waals surface area contributed by atoms with Crippen LogP contribution in [-0.4, -0.2) is 11.0 Å². The fourth-order valence-electron chi connectivity index (χ4n) is 1.90. The molecule has 5 heteroatoms. The Bertz CT molecular complexity index is 602. The molecule has 0 saturated carbocycles. The van der Waals surface area contributed by atoms with Crippen molar-refractivity contribution in [1.29, 1.82) is 0 Å². The van der Waals surface area contributed by atoms with Crippen molar-refractivity contribution < 1.29 is 9.90 Å². The molecule has 0 aromatic heterocycles. The summed E-state index contributed by atoms with van der Waals surface area (Å²) in [4.78, 5) is 11.6. The normalized spacial score (nSPS) is 12.1. The van der Waals surface area contributed by atoms with E-state index in [1.165, 1.54) is 12.1 Å². The summed E-state index contributed by atoms with van der Waals surface area (Å²) in [6.07, 6.45) is 0. The molecule has 0 fully saturated rings. The molecule has 104 valence electrons. The standard InChI is InChI=1S/C15H15ClN2O2/c16-12-8-11(6-7-13(12)19)14(15(17)20)18-9-10-4-2-1-3-5-10/h1-8,14,18-19H,9H2,(H2,17,20). The molecule has 0 saturated heterocycles. The number of phenols is 1. The van der Waals surface area contributed by atoms with E-state index in [0.29, 0.717) is 12.1 Å². The van der Waals surface area contributed by atoms with Gasteiger partial charge in [-0.3, -0.25) is 10.1 Å². The maximum absolute atomic E-state index is 11.6. The predicted octanol–water partition coefficient (Wildman–Crippen LogP) is 2.36. The van der Waals surface area contributed by atoms with Gasteiger partial charge in [0, 0.05) is 6.54 Å². The Morgan fingerprint density at radius 2 is 1.95 bits per heavy atom. The van der Waals surface area contributed by atoms with Gasteiger partial charge in [0.05, 0.1) is 5.02 Å². The van der Waals surface area contributed by atoms with Crippen LogP contribution in [0.5, 0.6) is 5.75 Å². The molecule has 0 heterocycles. The lowest BCUT2D eigenvalue weighted by Crippen LogP contribution is -2.33. The zero-order chi connectivity index (χ0) is 14.5. The Labute approximate surface area is 122 Å². The number of aromatic hydroxyl groups is 1. The van der Waals surface area contributed by atoms with Crippen molar-refractivity contribution in [3.8, 4) is 5.75 Å². The molecule has 4 N–H and O–H groups in total. The first-order chi connectivity index (χ1) is 9.58. The first-order valence-corrected chi connectivity index (χ1v) is 6.51. The minimum absolute atomic E-state index is 0.0262. The number of carbonyl (C=O) groups is 1. The van der Waals surface area contributed by atoms with Gasteiger partial charge in [0.15, 0.2) is 0 Å². The summed E-state index contributed by atoms with van der Waals surface area (Å²) in [7, 11) is 0. The Hall–Kier alpha value is -2.04. The molecule has 2 aromatic carbocycles. The largest absolute Gasteiger partial charge is 0.506 e. The number of amides is 1. The average Bonchev–Trinajstić information content (AvgIpc) is 2.43. The monoisotopic (exact) mass is 290 g/mol. The first-order valence-electron chi connectivity index (χ1n) is 6.13. The lowest BCUT2D eigenvalue weighted by molar-refractivity contribution is -0.120. The summed E-state index contributed by atoms with van der Waals surface area (Å²) in [5.41, 5.74) is 7.08. The van der Waals surface area contributed by atoms with Gasteiger partial charge in [-0.25, -0.2) is 0 Å². The second-order valence-corrected chi connectivity index (χ2v) is 4.82. The number of nitrogens with two attached hydrogens (primary N) is 1. The van der Waals surface area contributed by atoms with E-state index in [9.17, 15) is 9.90 Å². The van der Waals surface area contributed by atoms with Gasteiger partial charge in [-0.2, -0.15) is 0 Å². The van der Waals surface area contributed by atoms with Gasteiger partial charge < -0.3 is 10.8 Å². The third-order valence-electron chi connectivity index (χ3n) is 2.94. The zero-order valence-corrected chi connectivity index (χ0v) is 11.5. The third-order valence-corrected chi connectivity index (χ3v) is 3.25. The van der Waals surface area contributed by atoms with Crippen LogP contribution in [0.15, 0.2) is 48.5 Å². The molecule has 2 rings (SSSR count). The number of hydrogen-bond acceptors (Lipinski definition) is 3. The van der Waals surface area contributed by atoms with Crippen LogP contribution in [0.2, 0.25) is 5.02 Å². The second kappa shape index (κ2) is 6.41. The molecule has 20 heavy (non-hydrogen) atoms. The summed E-state index contributed by atoms with van der Waals surface area (Å²) in [6.45, 7) is 0.507. The van der Waals surface area contributed by atoms with Crippen LogP contribution in [0, 0.1) is 0 Å². The topological polar surface area (TPSA) is 75.4 Å². The van der Waals surface area contributed by atoms with E-state index in [1.54, 1.807) is 6.07 Å². The van der Waals surface area contributed by atoms with Gasteiger partial charge in [-0.15, -0.1) is 0 Å². The highest BCUT2D eigenvalue weighted by Gasteiger charge is 2.18. The number of carbonyl (C=O) groups excluding carboxylic acids is 1. The van der Waals surface area contributed by atoms with Crippen LogP contribution in [-0.2, 0) is 11.3 Å². The molecule has 0 aliphatic carbocycles. The van der Waals surface area contributed by atoms with Gasteiger partial charge in [0.25, 0.3) is 0 Å². The SMILES string of the molecule is NC(=O)C(NCc1ccccc1)c1ccc(O)c(Cl)c1. The van der Waals surface area contributed by atoms with Crippen molar-refractivity contribution in [2.45, 2.75) is 12.6 Å². The highest BCUT2D eigenvalue weighted by Crippen LogP contribution is 2.26. The maximum Gasteiger partial charge on any atom is 0.239 e. The first kappa shape index (κ1) is 14.4. The molecule has 4 nitrogen and oxygen atoms in total. The van der Waals surface area contributed by atoms with E-state index in [0.717, 1.165) is 5.56 Å². The number of primary amides is 1. The Kier molecular flexibility index (Phi) is 4.61. The van der Waals surface area contributed by atoms with E-state index in [2.05, 4.69) is 5.32 Å². The van der Waals surface area contributed by atoms with Crippen molar-refractivity contribution in [3.63, 3.8) is 0 Å². The lowest BCUT2D eigenvalue weighted by atomic mass is 10.1. The van der Waals surface area contributed by atoms with Crippen LogP contribution >= 0.6 is 11.6 Å². The summed E-state index contributed by atoms with van der Waals surface area (Å²) in [5.74, 6) is -0.524. The molecule has 0 aliphatic heterocycles. The van der Waals surface area contributed by atoms with Crippen LogP contribution in [0.3, 0.4) is 0 Å². The molecular weight excluding hydrogens is 276 g/mol. The third kappa shape index (κ3) is 3.50. The fraction of sp³-hybridized carbons (Fsp3) is 0.133. The fourth-order valence-corrected chi connectivity index (χ4v) is 2.09. The number of halogens is 1. The molecule has 0 aliphatic rings. The maximum atomic E-state index is 11.6. The Morgan fingerprint density at radius 3 is 2.55 bits per heavy atom. The summed E-state index contributed by atoms with van der Waals surface area (Å²) < 4.78 is 0. The molecule has 1 atom stereocenters. The van der Waals surface area contributed by atoms with Crippen LogP contribution in [0.4, 0.5) is 0 Å². The highest BCUT2D eigenvalue weighted by atomic mass is 35.5. The number of phenolic OH excluding ortho intramolecular Hbond substituents is 1. The minimum Gasteiger partial charge on any atom is -0.506 e. The van der Waals surface area contributed by atoms with Crippen molar-refractivity contribution in [2.24, 2.45) is 5.73 Å². The van der Waals surface area contributed by atoms with Crippen molar-refractivity contribution in [3.05, 3.63) is 64.7 Å². The van der Waals surface area contributed by atoms with Crippen molar-refractivity contribution in [2.75, 3.05) is 0 Å². The molecule has 2 aromatic rings. The Morgan fingerprint density at radius 1 is 1.25 bits per heavy atom. The molecule has 0 spiro atoms. The number of rotatable bonds is 5. The van der Waals surface area contributed by atoms with E-state index >= 15 is 0 Å². The van der Waals surface area contributed by atoms with Crippen molar-refractivity contribution in [1.82, 2.24) is 5.32 Å². The average molecular weight is 291 g/mol. The molecule has 0 radical (unpaired) electrons. The van der Waals surface area contributed by atoms with Gasteiger partial charge in [0.1, 0.15) is 11.8 Å². The van der Waals surface area contributed by atoms with Gasteiger partial charge in [-0.1, -0.05) is 48.0 Å². The summed E-state index contributed by atoms with van der Waals surface area (Å²) in [5, 5.41) is 12.7. The molecule has 0 bridgehead atoms. The zero-order valence-electron chi connectivity index (χ0n) is 10.7. The second-order valence-electron chi connectivity index (χ2n) is 4.41. The van der Waals surface area contributed by atoms with E-state index in [-0.39, 0.29) is 10.8 Å². The number of nitrogens with one attached hydrogen (secondary N) is 1. The van der Waals surface area contributed by atoms with Gasteiger partial charge in [0.2, 0.25) is 5.91 Å². The quantitative estimate of drug-likeness (QED) is 0.791. The van der Waals surface area contributed by atoms with Crippen LogP contribution in [0.25, 0.3) is 0 Å². The molecular formula is C15H15ClN2O2. The van der Waals surface area contributed by atoms with Crippen LogP contribution in [0.1, 0.15) is 17.2 Å². The summed E-state index contributed by atoms with van der Waals surface area (Å²) in [6, 6.07) is 13.6. The van der Waals surface area contributed by atoms with E-state index in [1.807, 2.05) is 30.3 Å². The van der Waals surface area contributed by atoms with E-state index in [4.69, 9.17) is 17.3 Å². The van der Waals surface area contributed by atoms with Gasteiger partial charge in [-0.05, 0) is 23.3 Å². The van der Waals surface area contributed by atoms with Crippen molar-refractivity contribution >= 4 is 17.5 Å². The predicted molar refractivity (Wildman–Crippen MR) is 78.3 cm³/mol. The lowest BCUT2D eigenvalue weighted by Gasteiger charge is -2.16. The Balaban J connectivity index is 2.15. The molecule has 1 amide bonds.